The van der Waals surface area contributed by atoms with Crippen LogP contribution < -0.4 is 0 Å². The predicted molar refractivity (Wildman–Crippen MR) is 41.8 cm³/mol. The highest BCUT2D eigenvalue weighted by Crippen LogP contribution is 2.55. The number of halogens is 11. The zero-order valence-corrected chi connectivity index (χ0v) is 9.27. The van der Waals surface area contributed by atoms with Crippen molar-refractivity contribution in [3.63, 3.8) is 0 Å². The van der Waals surface area contributed by atoms with E-state index in [1.165, 1.54) is 0 Å². The molecule has 0 aliphatic rings. The van der Waals surface area contributed by atoms with Gasteiger partial charge in [-0.2, -0.15) is 48.3 Å². The number of alkyl halides is 9. The van der Waals surface area contributed by atoms with Gasteiger partial charge in [0.1, 0.15) is 0 Å². The molecule has 0 rings (SSSR count). The summed E-state index contributed by atoms with van der Waals surface area (Å²) in [4.78, 5) is 0. The maximum atomic E-state index is 12.7. The molecule has 0 aliphatic carbocycles. The van der Waals surface area contributed by atoms with Crippen molar-refractivity contribution < 1.29 is 53.0 Å². The smallest absolute Gasteiger partial charge is 0.460 e. The Morgan fingerprint density at radius 1 is 0.800 bits per heavy atom. The van der Waals surface area contributed by atoms with Crippen LogP contribution in [0.25, 0.3) is 0 Å². The predicted octanol–water partition coefficient (Wildman–Crippen LogP) is 4.60. The largest absolute Gasteiger partial charge is 0.469 e. The van der Waals surface area contributed by atoms with Gasteiger partial charge in [0, 0.05) is 0 Å². The second kappa shape index (κ2) is 5.28. The van der Waals surface area contributed by atoms with Crippen LogP contribution in [0.2, 0.25) is 0 Å². The molecular weight excluding hydrogens is 321 g/mol. The Morgan fingerprint density at radius 2 is 1.20 bits per heavy atom. The molecule has 0 saturated heterocycles. The zero-order valence-electron chi connectivity index (χ0n) is 9.27. The highest BCUT2D eigenvalue weighted by atomic mass is 19.4. The van der Waals surface area contributed by atoms with E-state index in [1.807, 2.05) is 0 Å². The maximum absolute atomic E-state index is 12.7. The average Bonchev–Trinajstić information content (AvgIpc) is 2.26. The quantitative estimate of drug-likeness (QED) is 0.530. The third-order valence-electron chi connectivity index (χ3n) is 1.86. The lowest BCUT2D eigenvalue weighted by atomic mass is 10.0. The van der Waals surface area contributed by atoms with Gasteiger partial charge in [-0.1, -0.05) is 0 Å². The third-order valence-corrected chi connectivity index (χ3v) is 1.86. The molecule has 0 aromatic rings. The van der Waals surface area contributed by atoms with Crippen molar-refractivity contribution >= 4 is 0 Å². The topological polar surface area (TPSA) is 9.23 Å². The minimum Gasteiger partial charge on any atom is -0.469 e. The fraction of sp³-hybridized carbons (Fsp3) is 0.750. The summed E-state index contributed by atoms with van der Waals surface area (Å²) < 4.78 is 139. The van der Waals surface area contributed by atoms with Gasteiger partial charge in [0.15, 0.2) is 0 Å². The maximum Gasteiger partial charge on any atom is 0.460 e. The van der Waals surface area contributed by atoms with Gasteiger partial charge in [-0.05, 0) is 6.92 Å². The summed E-state index contributed by atoms with van der Waals surface area (Å²) in [6.45, 7) is 0.0179. The number of allylic oxidation sites excluding steroid dienone is 1. The molecule has 12 heteroatoms. The molecule has 0 fully saturated rings. The van der Waals surface area contributed by atoms with E-state index in [1.54, 1.807) is 0 Å². The van der Waals surface area contributed by atoms with Crippen molar-refractivity contribution in [1.29, 1.82) is 0 Å². The lowest BCUT2D eigenvalue weighted by Gasteiger charge is -2.32. The van der Waals surface area contributed by atoms with E-state index in [-0.39, 0.29) is 0 Å². The molecule has 0 aromatic carbocycles. The van der Waals surface area contributed by atoms with Gasteiger partial charge in [-0.15, -0.1) is 0 Å². The number of hydrogen-bond donors (Lipinski definition) is 0. The van der Waals surface area contributed by atoms with Crippen LogP contribution in [-0.4, -0.2) is 30.6 Å². The lowest BCUT2D eigenvalue weighted by molar-refractivity contribution is -0.392. The van der Waals surface area contributed by atoms with Crippen LogP contribution in [0.5, 0.6) is 0 Å². The highest BCUT2D eigenvalue weighted by Gasteiger charge is 2.83. The fourth-order valence-corrected chi connectivity index (χ4v) is 0.827. The van der Waals surface area contributed by atoms with Gasteiger partial charge in [-0.3, -0.25) is 0 Å². The first-order valence-corrected chi connectivity index (χ1v) is 4.53. The minimum absolute atomic E-state index is 0.865. The zero-order chi connectivity index (χ0) is 16.6. The Labute approximate surface area is 104 Å². The second-order valence-corrected chi connectivity index (χ2v) is 3.24. The van der Waals surface area contributed by atoms with Gasteiger partial charge in [0.2, 0.25) is 5.83 Å². The van der Waals surface area contributed by atoms with E-state index >= 15 is 0 Å². The first kappa shape index (κ1) is 18.8. The van der Waals surface area contributed by atoms with Crippen LogP contribution in [0, 0.1) is 0 Å². The van der Waals surface area contributed by atoms with E-state index in [4.69, 9.17) is 0 Å². The van der Waals surface area contributed by atoms with Crippen LogP contribution in [0.3, 0.4) is 0 Å². The highest BCUT2D eigenvalue weighted by molar-refractivity contribution is 5.16. The van der Waals surface area contributed by atoms with Crippen molar-refractivity contribution in [3.8, 4) is 0 Å². The lowest BCUT2D eigenvalue weighted by Crippen LogP contribution is -2.61. The molecule has 0 spiro atoms. The van der Waals surface area contributed by atoms with E-state index in [0.29, 0.717) is 0 Å². The van der Waals surface area contributed by atoms with Gasteiger partial charge >= 0.3 is 30.0 Å². The molecule has 0 radical (unpaired) electrons. The van der Waals surface area contributed by atoms with E-state index in [0.717, 1.165) is 6.92 Å². The molecule has 20 heavy (non-hydrogen) atoms. The average molecular weight is 326 g/mol. The molecule has 120 valence electrons. The Hall–Kier alpha value is -1.23. The second-order valence-electron chi connectivity index (χ2n) is 3.24. The summed E-state index contributed by atoms with van der Waals surface area (Å²) in [6.07, 6.45) is -7.11. The minimum atomic E-state index is -7.30. The van der Waals surface area contributed by atoms with Crippen LogP contribution in [0.4, 0.5) is 48.3 Å². The standard InChI is InChI=1S/C8H5F11O/c1-2-20-4(10)3(9)5(11,12)6(13,14)7(15,16)8(17,18)19/h2H2,1H3. The van der Waals surface area contributed by atoms with Gasteiger partial charge < -0.3 is 4.74 Å². The van der Waals surface area contributed by atoms with Crippen LogP contribution >= 0.6 is 0 Å². The molecule has 0 atom stereocenters. The summed E-state index contributed by atoms with van der Waals surface area (Å²) in [7, 11) is 0. The molecule has 1 nitrogen and oxygen atoms in total. The summed E-state index contributed by atoms with van der Waals surface area (Å²) >= 11 is 0. The summed E-state index contributed by atoms with van der Waals surface area (Å²) in [5.74, 6) is -25.2. The first-order chi connectivity index (χ1) is 8.64. The molecule has 0 aromatic heterocycles. The SMILES string of the molecule is CCOC(F)=C(F)C(F)(F)C(F)(F)C(F)(F)C(F)(F)F. The van der Waals surface area contributed by atoms with E-state index < -0.39 is 42.4 Å². The van der Waals surface area contributed by atoms with Crippen LogP contribution in [0.1, 0.15) is 6.92 Å². The van der Waals surface area contributed by atoms with Gasteiger partial charge in [-0.25, -0.2) is 0 Å². The summed E-state index contributed by atoms with van der Waals surface area (Å²) in [5.41, 5.74) is 0. The number of hydrogen-bond acceptors (Lipinski definition) is 1. The Balaban J connectivity index is 5.88. The molecule has 0 bridgehead atoms. The number of rotatable bonds is 5. The van der Waals surface area contributed by atoms with Crippen molar-refractivity contribution in [1.82, 2.24) is 0 Å². The Kier molecular flexibility index (Phi) is 4.95. The van der Waals surface area contributed by atoms with Gasteiger partial charge in [0.05, 0.1) is 6.61 Å². The fourth-order valence-electron chi connectivity index (χ4n) is 0.827. The number of ether oxygens (including phenoxy) is 1. The molecule has 0 unspecified atom stereocenters. The van der Waals surface area contributed by atoms with Crippen molar-refractivity contribution in [3.05, 3.63) is 11.8 Å². The van der Waals surface area contributed by atoms with E-state index in [9.17, 15) is 48.3 Å². The Bertz CT molecular complexity index is 380. The third kappa shape index (κ3) is 2.77. The van der Waals surface area contributed by atoms with Crippen molar-refractivity contribution in [2.45, 2.75) is 30.9 Å². The Morgan fingerprint density at radius 3 is 1.50 bits per heavy atom. The van der Waals surface area contributed by atoms with E-state index in [2.05, 4.69) is 4.74 Å². The molecule has 0 aliphatic heterocycles. The summed E-state index contributed by atoms with van der Waals surface area (Å²) in [5, 5.41) is 0. The molecule has 0 saturated carbocycles. The molecule has 0 heterocycles. The molecule has 0 N–H and O–H groups in total. The normalized spacial score (nSPS) is 16.0. The monoisotopic (exact) mass is 326 g/mol. The summed E-state index contributed by atoms with van der Waals surface area (Å²) in [6, 6.07) is -3.02. The van der Waals surface area contributed by atoms with Crippen molar-refractivity contribution in [2.24, 2.45) is 0 Å². The van der Waals surface area contributed by atoms with Crippen LogP contribution in [0.15, 0.2) is 11.8 Å². The van der Waals surface area contributed by atoms with Crippen molar-refractivity contribution in [2.75, 3.05) is 6.61 Å². The first-order valence-electron chi connectivity index (χ1n) is 4.53. The van der Waals surface area contributed by atoms with Gasteiger partial charge in [0.25, 0.3) is 0 Å². The van der Waals surface area contributed by atoms with Crippen LogP contribution in [-0.2, 0) is 4.74 Å². The molecular formula is C8H5F11O. The molecule has 0 amide bonds.